The average Bonchev–Trinajstić information content (AvgIpc) is 2.54. The molecule has 0 bridgehead atoms. The van der Waals surface area contributed by atoms with Crippen molar-refractivity contribution in [3.63, 3.8) is 0 Å². The van der Waals surface area contributed by atoms with E-state index in [0.29, 0.717) is 5.56 Å². The Bertz CT molecular complexity index is 700. The molecule has 0 radical (unpaired) electrons. The number of pyridine rings is 1. The summed E-state index contributed by atoms with van der Waals surface area (Å²) in [4.78, 5) is 4.51. The minimum Gasteiger partial charge on any atom is -0.385 e. The largest absolute Gasteiger partial charge is 0.385 e. The van der Waals surface area contributed by atoms with Gasteiger partial charge in [-0.2, -0.15) is 5.26 Å². The van der Waals surface area contributed by atoms with E-state index in [2.05, 4.69) is 17.1 Å². The number of aryl methyl sites for hydroxylation is 1. The van der Waals surface area contributed by atoms with Crippen molar-refractivity contribution in [2.75, 3.05) is 0 Å². The molecular weight excluding hydrogens is 260 g/mol. The molecule has 1 aliphatic rings. The Morgan fingerprint density at radius 1 is 1.33 bits per heavy atom. The van der Waals surface area contributed by atoms with Gasteiger partial charge in [0.1, 0.15) is 0 Å². The number of aromatic nitrogens is 1. The fourth-order valence-electron chi connectivity index (χ4n) is 3.26. The Morgan fingerprint density at radius 3 is 3.00 bits per heavy atom. The first-order valence-electron chi connectivity index (χ1n) is 7.29. The predicted octanol–water partition coefficient (Wildman–Crippen LogP) is 3.28. The highest BCUT2D eigenvalue weighted by atomic mass is 16.3. The molecule has 3 nitrogen and oxygen atoms in total. The van der Waals surface area contributed by atoms with E-state index in [1.807, 2.05) is 25.1 Å². The summed E-state index contributed by atoms with van der Waals surface area (Å²) in [5.74, 6) is -0.0311. The van der Waals surface area contributed by atoms with Crippen LogP contribution >= 0.6 is 0 Å². The maximum atomic E-state index is 11.1. The van der Waals surface area contributed by atoms with Crippen molar-refractivity contribution in [3.8, 4) is 6.07 Å². The van der Waals surface area contributed by atoms with Gasteiger partial charge in [0.2, 0.25) is 0 Å². The van der Waals surface area contributed by atoms with Crippen molar-refractivity contribution in [2.24, 2.45) is 0 Å². The molecule has 1 aromatic heterocycles. The third-order valence-corrected chi connectivity index (χ3v) is 4.45. The summed E-state index contributed by atoms with van der Waals surface area (Å²) in [6, 6.07) is 13.4. The fraction of sp³-hybridized carbons (Fsp3) is 0.333. The van der Waals surface area contributed by atoms with E-state index in [4.69, 9.17) is 5.26 Å². The van der Waals surface area contributed by atoms with E-state index in [-0.39, 0.29) is 5.92 Å². The number of hydrogen-bond donors (Lipinski definition) is 1. The quantitative estimate of drug-likeness (QED) is 0.917. The Labute approximate surface area is 124 Å². The van der Waals surface area contributed by atoms with E-state index < -0.39 is 5.60 Å². The van der Waals surface area contributed by atoms with Gasteiger partial charge < -0.3 is 5.11 Å². The van der Waals surface area contributed by atoms with Crippen LogP contribution in [0.15, 0.2) is 42.6 Å². The summed E-state index contributed by atoms with van der Waals surface area (Å²) in [5, 5.41) is 20.2. The molecule has 0 amide bonds. The summed E-state index contributed by atoms with van der Waals surface area (Å²) in [6.07, 6.45) is 4.78. The summed E-state index contributed by atoms with van der Waals surface area (Å²) in [5.41, 5.74) is 2.56. The molecular formula is C18H18N2O. The van der Waals surface area contributed by atoms with E-state index in [9.17, 15) is 5.11 Å². The summed E-state index contributed by atoms with van der Waals surface area (Å²) >= 11 is 0. The number of hydrogen-bond acceptors (Lipinski definition) is 3. The van der Waals surface area contributed by atoms with Crippen LogP contribution in [0.2, 0.25) is 0 Å². The number of aliphatic hydroxyl groups is 1. The molecule has 2 unspecified atom stereocenters. The van der Waals surface area contributed by atoms with Crippen molar-refractivity contribution in [3.05, 3.63) is 65.0 Å². The Hall–Kier alpha value is -2.18. The third-order valence-electron chi connectivity index (χ3n) is 4.45. The van der Waals surface area contributed by atoms with Crippen LogP contribution in [0, 0.1) is 11.3 Å². The lowest BCUT2D eigenvalue weighted by molar-refractivity contribution is 0.0188. The van der Waals surface area contributed by atoms with Gasteiger partial charge in [0.25, 0.3) is 0 Å². The molecule has 2 aromatic rings. The van der Waals surface area contributed by atoms with Gasteiger partial charge in [-0.25, -0.2) is 0 Å². The number of rotatable bonds is 2. The van der Waals surface area contributed by atoms with Crippen LogP contribution in [0.1, 0.15) is 48.1 Å². The molecule has 1 aliphatic carbocycles. The van der Waals surface area contributed by atoms with Crippen LogP contribution in [0.25, 0.3) is 0 Å². The van der Waals surface area contributed by atoms with Crippen molar-refractivity contribution in [1.29, 1.82) is 5.26 Å². The van der Waals surface area contributed by atoms with Crippen LogP contribution in [-0.2, 0) is 12.0 Å². The minimum atomic E-state index is -1.02. The third kappa shape index (κ3) is 2.43. The first-order valence-corrected chi connectivity index (χ1v) is 7.29. The van der Waals surface area contributed by atoms with Crippen LogP contribution in [-0.4, -0.2) is 10.1 Å². The molecule has 1 N–H and O–H groups in total. The van der Waals surface area contributed by atoms with Crippen LogP contribution < -0.4 is 0 Å². The summed E-state index contributed by atoms with van der Waals surface area (Å²) < 4.78 is 0. The van der Waals surface area contributed by atoms with Gasteiger partial charge in [-0.3, -0.25) is 4.98 Å². The molecule has 3 heteroatoms. The summed E-state index contributed by atoms with van der Waals surface area (Å²) in [6.45, 7) is 1.83. The molecule has 1 aromatic carbocycles. The fourth-order valence-corrected chi connectivity index (χ4v) is 3.26. The highest BCUT2D eigenvalue weighted by molar-refractivity contribution is 5.38. The minimum absolute atomic E-state index is 0.0311. The van der Waals surface area contributed by atoms with E-state index in [1.165, 1.54) is 5.56 Å². The SMILES string of the molecule is CC(O)(c1cccc(C#N)c1)C1CCCc2cccnc21. The second kappa shape index (κ2) is 5.31. The number of nitrogens with zero attached hydrogens (tertiary/aromatic N) is 2. The molecule has 0 fully saturated rings. The van der Waals surface area contributed by atoms with Gasteiger partial charge in [-0.1, -0.05) is 18.2 Å². The topological polar surface area (TPSA) is 56.9 Å². The van der Waals surface area contributed by atoms with Crippen LogP contribution in [0.3, 0.4) is 0 Å². The van der Waals surface area contributed by atoms with Gasteiger partial charge in [0.15, 0.2) is 0 Å². The maximum Gasteiger partial charge on any atom is 0.0991 e. The standard InChI is InChI=1S/C18H18N2O/c1-18(21,15-8-2-5-13(11-15)12-19)16-9-3-6-14-7-4-10-20-17(14)16/h2,4-5,7-8,10-11,16,21H,3,6,9H2,1H3. The molecule has 21 heavy (non-hydrogen) atoms. The normalized spacial score (nSPS) is 20.1. The van der Waals surface area contributed by atoms with E-state index >= 15 is 0 Å². The lowest BCUT2D eigenvalue weighted by atomic mass is 9.73. The Morgan fingerprint density at radius 2 is 2.19 bits per heavy atom. The number of nitriles is 1. The maximum absolute atomic E-state index is 11.1. The highest BCUT2D eigenvalue weighted by Gasteiger charge is 2.38. The lowest BCUT2D eigenvalue weighted by Crippen LogP contribution is -2.33. The Balaban J connectivity index is 2.05. The van der Waals surface area contributed by atoms with Gasteiger partial charge in [0.05, 0.1) is 17.2 Å². The first kappa shape index (κ1) is 13.8. The zero-order valence-electron chi connectivity index (χ0n) is 12.1. The van der Waals surface area contributed by atoms with Crippen LogP contribution in [0.4, 0.5) is 0 Å². The van der Waals surface area contributed by atoms with Gasteiger partial charge in [-0.05, 0) is 55.5 Å². The predicted molar refractivity (Wildman–Crippen MR) is 80.6 cm³/mol. The second-order valence-corrected chi connectivity index (χ2v) is 5.83. The Kier molecular flexibility index (Phi) is 3.48. The highest BCUT2D eigenvalue weighted by Crippen LogP contribution is 2.43. The molecule has 1 heterocycles. The lowest BCUT2D eigenvalue weighted by Gasteiger charge is -2.36. The van der Waals surface area contributed by atoms with Crippen LogP contribution in [0.5, 0.6) is 0 Å². The molecule has 0 saturated heterocycles. The van der Waals surface area contributed by atoms with Crippen molar-refractivity contribution in [2.45, 2.75) is 37.7 Å². The zero-order chi connectivity index (χ0) is 14.9. The molecule has 3 rings (SSSR count). The van der Waals surface area contributed by atoms with Gasteiger partial charge in [-0.15, -0.1) is 0 Å². The molecule has 0 spiro atoms. The van der Waals surface area contributed by atoms with Crippen molar-refractivity contribution < 1.29 is 5.11 Å². The van der Waals surface area contributed by atoms with Gasteiger partial charge >= 0.3 is 0 Å². The van der Waals surface area contributed by atoms with Crippen molar-refractivity contribution in [1.82, 2.24) is 4.98 Å². The molecule has 0 aliphatic heterocycles. The molecule has 106 valence electrons. The second-order valence-electron chi connectivity index (χ2n) is 5.83. The average molecular weight is 278 g/mol. The monoisotopic (exact) mass is 278 g/mol. The molecule has 0 saturated carbocycles. The van der Waals surface area contributed by atoms with E-state index in [1.54, 1.807) is 18.3 Å². The van der Waals surface area contributed by atoms with E-state index in [0.717, 1.165) is 30.5 Å². The number of benzene rings is 1. The molecule has 2 atom stereocenters. The zero-order valence-corrected chi connectivity index (χ0v) is 12.1. The smallest absolute Gasteiger partial charge is 0.0991 e. The summed E-state index contributed by atoms with van der Waals surface area (Å²) in [7, 11) is 0. The first-order chi connectivity index (χ1) is 10.1. The van der Waals surface area contributed by atoms with Crippen molar-refractivity contribution >= 4 is 0 Å². The van der Waals surface area contributed by atoms with Gasteiger partial charge in [0, 0.05) is 17.8 Å². The number of fused-ring (bicyclic) bond motifs is 1.